The van der Waals surface area contributed by atoms with Crippen molar-refractivity contribution in [2.45, 2.75) is 392 Å². The molecule has 6 heteroatoms. The highest BCUT2D eigenvalue weighted by atomic mass is 16.5. The van der Waals surface area contributed by atoms with E-state index in [1.165, 1.54) is 308 Å². The summed E-state index contributed by atoms with van der Waals surface area (Å²) < 4.78 is 5.48. The standard InChI is InChI=1S/C67H131NO5/c1-3-5-7-9-11-13-15-17-18-19-20-21-22-23-26-29-32-36-39-43-47-51-55-59-65(70)64(63-69)68-66(71)60-56-52-48-44-40-37-33-30-27-24-25-28-31-34-38-42-46-50-54-58-62-73-67(72)61-57-53-49-45-41-35-16-14-12-10-8-6-4-2/h24,27,64-65,69-70H,3-23,25-26,28-63H2,1-2H3,(H,68,71)/b27-24-. The molecule has 0 bridgehead atoms. The molecule has 0 aliphatic rings. The fourth-order valence-corrected chi connectivity index (χ4v) is 10.7. The van der Waals surface area contributed by atoms with Crippen molar-refractivity contribution >= 4 is 11.9 Å². The molecule has 0 aromatic rings. The molecule has 0 aliphatic carbocycles. The molecule has 73 heavy (non-hydrogen) atoms. The topological polar surface area (TPSA) is 95.9 Å². The molecule has 0 aromatic heterocycles. The van der Waals surface area contributed by atoms with E-state index >= 15 is 0 Å². The third-order valence-corrected chi connectivity index (χ3v) is 15.8. The summed E-state index contributed by atoms with van der Waals surface area (Å²) in [6, 6.07) is -0.548. The lowest BCUT2D eigenvalue weighted by atomic mass is 10.0. The number of carbonyl (C=O) groups excluding carboxylic acids is 2. The van der Waals surface area contributed by atoms with Crippen molar-refractivity contribution in [3.05, 3.63) is 12.2 Å². The smallest absolute Gasteiger partial charge is 0.305 e. The first-order valence-electron chi connectivity index (χ1n) is 33.4. The number of ether oxygens (including phenoxy) is 1. The molecular formula is C67H131NO5. The molecule has 3 N–H and O–H groups in total. The lowest BCUT2D eigenvalue weighted by Crippen LogP contribution is -2.45. The summed E-state index contributed by atoms with van der Waals surface area (Å²) in [7, 11) is 0. The summed E-state index contributed by atoms with van der Waals surface area (Å²) in [5, 5.41) is 23.4. The van der Waals surface area contributed by atoms with E-state index in [9.17, 15) is 19.8 Å². The highest BCUT2D eigenvalue weighted by molar-refractivity contribution is 5.76. The monoisotopic (exact) mass is 1030 g/mol. The van der Waals surface area contributed by atoms with E-state index in [1.807, 2.05) is 0 Å². The number of amides is 1. The number of rotatable bonds is 63. The van der Waals surface area contributed by atoms with Crippen molar-refractivity contribution in [2.75, 3.05) is 13.2 Å². The van der Waals surface area contributed by atoms with Gasteiger partial charge in [-0.1, -0.05) is 328 Å². The van der Waals surface area contributed by atoms with Crippen LogP contribution in [0.2, 0.25) is 0 Å². The average molecular weight is 1030 g/mol. The predicted molar refractivity (Wildman–Crippen MR) is 320 cm³/mol. The normalized spacial score (nSPS) is 12.5. The van der Waals surface area contributed by atoms with Gasteiger partial charge in [0.2, 0.25) is 5.91 Å². The van der Waals surface area contributed by atoms with Crippen LogP contribution in [0.5, 0.6) is 0 Å². The van der Waals surface area contributed by atoms with Gasteiger partial charge in [-0.05, 0) is 51.4 Å². The molecule has 0 heterocycles. The van der Waals surface area contributed by atoms with Crippen LogP contribution in [-0.4, -0.2) is 47.4 Å². The Balaban J connectivity index is 3.42. The minimum atomic E-state index is -0.670. The van der Waals surface area contributed by atoms with E-state index in [1.54, 1.807) is 0 Å². The van der Waals surface area contributed by atoms with Crippen LogP contribution in [0.25, 0.3) is 0 Å². The number of aliphatic hydroxyl groups excluding tert-OH is 2. The van der Waals surface area contributed by atoms with E-state index in [0.717, 1.165) is 38.5 Å². The van der Waals surface area contributed by atoms with Crippen LogP contribution >= 0.6 is 0 Å². The number of allylic oxidation sites excluding steroid dienone is 2. The lowest BCUT2D eigenvalue weighted by molar-refractivity contribution is -0.143. The number of carbonyl (C=O) groups is 2. The fourth-order valence-electron chi connectivity index (χ4n) is 10.7. The SMILES string of the molecule is CCCCCCCCCCCCCCCCCCCCCCCCCC(O)C(CO)NC(=O)CCCCCCCCC/C=C\CCCCCCCCCCCOC(=O)CCCCCCCCCCCCCCC. The van der Waals surface area contributed by atoms with Crippen molar-refractivity contribution in [3.8, 4) is 0 Å². The zero-order chi connectivity index (χ0) is 52.9. The number of hydrogen-bond donors (Lipinski definition) is 3. The van der Waals surface area contributed by atoms with Crippen molar-refractivity contribution in [3.63, 3.8) is 0 Å². The molecule has 0 radical (unpaired) electrons. The Labute approximate surface area is 457 Å². The molecule has 0 fully saturated rings. The summed E-state index contributed by atoms with van der Waals surface area (Å²) in [6.45, 7) is 4.98. The first-order chi connectivity index (χ1) is 36.0. The summed E-state index contributed by atoms with van der Waals surface area (Å²) in [4.78, 5) is 24.6. The Bertz CT molecular complexity index is 1100. The van der Waals surface area contributed by atoms with E-state index in [-0.39, 0.29) is 18.5 Å². The van der Waals surface area contributed by atoms with Crippen LogP contribution in [0, 0.1) is 0 Å². The zero-order valence-corrected chi connectivity index (χ0v) is 49.6. The molecule has 0 saturated carbocycles. The van der Waals surface area contributed by atoms with Crippen LogP contribution in [0.15, 0.2) is 12.2 Å². The van der Waals surface area contributed by atoms with Gasteiger partial charge in [0.05, 0.1) is 25.4 Å². The van der Waals surface area contributed by atoms with Gasteiger partial charge in [0.25, 0.3) is 0 Å². The highest BCUT2D eigenvalue weighted by Crippen LogP contribution is 2.19. The van der Waals surface area contributed by atoms with Crippen LogP contribution in [0.1, 0.15) is 380 Å². The Morgan fingerprint density at radius 3 is 0.973 bits per heavy atom. The third-order valence-electron chi connectivity index (χ3n) is 15.8. The Kier molecular flexibility index (Phi) is 61.9. The maximum atomic E-state index is 12.5. The van der Waals surface area contributed by atoms with E-state index in [0.29, 0.717) is 25.9 Å². The van der Waals surface area contributed by atoms with E-state index < -0.39 is 12.1 Å². The first kappa shape index (κ1) is 71.6. The quantitative estimate of drug-likeness (QED) is 0.0320. The Morgan fingerprint density at radius 1 is 0.370 bits per heavy atom. The van der Waals surface area contributed by atoms with Gasteiger partial charge in [0, 0.05) is 12.8 Å². The van der Waals surface area contributed by atoms with Gasteiger partial charge in [0.1, 0.15) is 0 Å². The molecule has 0 saturated heterocycles. The van der Waals surface area contributed by atoms with Crippen molar-refractivity contribution in [1.82, 2.24) is 5.32 Å². The maximum Gasteiger partial charge on any atom is 0.305 e. The molecule has 2 unspecified atom stereocenters. The minimum absolute atomic E-state index is 0.00891. The molecule has 0 aromatic carbocycles. The zero-order valence-electron chi connectivity index (χ0n) is 49.6. The Morgan fingerprint density at radius 2 is 0.644 bits per heavy atom. The number of nitrogens with one attached hydrogen (secondary N) is 1. The second kappa shape index (κ2) is 63.1. The molecule has 1 amide bonds. The van der Waals surface area contributed by atoms with Gasteiger partial charge < -0.3 is 20.3 Å². The number of esters is 1. The van der Waals surface area contributed by atoms with Crippen LogP contribution in [-0.2, 0) is 14.3 Å². The molecule has 2 atom stereocenters. The second-order valence-electron chi connectivity index (χ2n) is 23.2. The van der Waals surface area contributed by atoms with Gasteiger partial charge in [0.15, 0.2) is 0 Å². The molecule has 434 valence electrons. The first-order valence-corrected chi connectivity index (χ1v) is 33.4. The van der Waals surface area contributed by atoms with Gasteiger partial charge >= 0.3 is 5.97 Å². The van der Waals surface area contributed by atoms with Gasteiger partial charge in [-0.15, -0.1) is 0 Å². The summed E-state index contributed by atoms with van der Waals surface area (Å²) in [6.07, 6.45) is 76.6. The van der Waals surface area contributed by atoms with Crippen molar-refractivity contribution < 1.29 is 24.5 Å². The molecule has 0 rings (SSSR count). The minimum Gasteiger partial charge on any atom is -0.466 e. The van der Waals surface area contributed by atoms with Crippen LogP contribution in [0.3, 0.4) is 0 Å². The van der Waals surface area contributed by atoms with Gasteiger partial charge in [-0.25, -0.2) is 0 Å². The summed E-state index contributed by atoms with van der Waals surface area (Å²) in [5.74, 6) is -0.0300. The Hall–Kier alpha value is -1.40. The highest BCUT2D eigenvalue weighted by Gasteiger charge is 2.20. The molecule has 6 nitrogen and oxygen atoms in total. The number of unbranched alkanes of at least 4 members (excludes halogenated alkanes) is 50. The summed E-state index contributed by atoms with van der Waals surface area (Å²) >= 11 is 0. The summed E-state index contributed by atoms with van der Waals surface area (Å²) in [5.41, 5.74) is 0. The van der Waals surface area contributed by atoms with E-state index in [4.69, 9.17) is 4.74 Å². The van der Waals surface area contributed by atoms with Crippen LogP contribution < -0.4 is 5.32 Å². The van der Waals surface area contributed by atoms with E-state index in [2.05, 4.69) is 31.3 Å². The third kappa shape index (κ3) is 59.7. The average Bonchev–Trinajstić information content (AvgIpc) is 3.39. The molecular weight excluding hydrogens is 899 g/mol. The van der Waals surface area contributed by atoms with Gasteiger partial charge in [-0.2, -0.15) is 0 Å². The van der Waals surface area contributed by atoms with Gasteiger partial charge in [-0.3, -0.25) is 9.59 Å². The maximum absolute atomic E-state index is 12.5. The number of hydrogen-bond acceptors (Lipinski definition) is 5. The second-order valence-corrected chi connectivity index (χ2v) is 23.2. The largest absolute Gasteiger partial charge is 0.466 e. The number of aliphatic hydroxyl groups is 2. The van der Waals surface area contributed by atoms with Crippen molar-refractivity contribution in [1.29, 1.82) is 0 Å². The predicted octanol–water partition coefficient (Wildman–Crippen LogP) is 21.2. The fraction of sp³-hybridized carbons (Fsp3) is 0.940. The lowest BCUT2D eigenvalue weighted by Gasteiger charge is -2.22. The van der Waals surface area contributed by atoms with Crippen LogP contribution in [0.4, 0.5) is 0 Å². The molecule has 0 aliphatic heterocycles. The molecule has 0 spiro atoms. The van der Waals surface area contributed by atoms with Crippen molar-refractivity contribution in [2.24, 2.45) is 0 Å².